The Morgan fingerprint density at radius 2 is 2.14 bits per heavy atom. The molecule has 0 N–H and O–H groups in total. The Morgan fingerprint density at radius 1 is 1.29 bits per heavy atom. The van der Waals surface area contributed by atoms with Crippen LogP contribution in [0.1, 0.15) is 5.82 Å². The second-order valence-electron chi connectivity index (χ2n) is 4.46. The van der Waals surface area contributed by atoms with E-state index in [1.54, 1.807) is 19.4 Å². The topological polar surface area (TPSA) is 39.9 Å². The first-order valence-corrected chi connectivity index (χ1v) is 7.38. The van der Waals surface area contributed by atoms with Crippen LogP contribution in [0, 0.1) is 0 Å². The smallest absolute Gasteiger partial charge is 0.164 e. The van der Waals surface area contributed by atoms with E-state index in [1.165, 1.54) is 0 Å². The van der Waals surface area contributed by atoms with Gasteiger partial charge in [0.15, 0.2) is 5.65 Å². The summed E-state index contributed by atoms with van der Waals surface area (Å²) in [5, 5.41) is 0.625. The zero-order valence-corrected chi connectivity index (χ0v) is 12.9. The van der Waals surface area contributed by atoms with E-state index in [4.69, 9.17) is 27.9 Å². The Labute approximate surface area is 132 Å². The lowest BCUT2D eigenvalue weighted by Gasteiger charge is -2.12. The van der Waals surface area contributed by atoms with Gasteiger partial charge in [0.05, 0.1) is 12.8 Å². The summed E-state index contributed by atoms with van der Waals surface area (Å²) in [5.41, 5.74) is 2.39. The zero-order valence-electron chi connectivity index (χ0n) is 11.4. The average molecular weight is 322 g/mol. The molecule has 0 saturated carbocycles. The molecule has 0 unspecified atom stereocenters. The second-order valence-corrected chi connectivity index (χ2v) is 5.28. The first-order chi connectivity index (χ1) is 10.2. The first kappa shape index (κ1) is 14.2. The van der Waals surface area contributed by atoms with Crippen LogP contribution in [0.25, 0.3) is 16.9 Å². The van der Waals surface area contributed by atoms with E-state index in [0.717, 1.165) is 22.7 Å². The molecule has 0 radical (unpaired) electrons. The molecule has 0 aliphatic carbocycles. The van der Waals surface area contributed by atoms with Gasteiger partial charge in [-0.3, -0.25) is 4.57 Å². The second kappa shape index (κ2) is 5.92. The van der Waals surface area contributed by atoms with Gasteiger partial charge in [-0.15, -0.1) is 11.6 Å². The molecule has 3 rings (SSSR count). The number of aromatic nitrogens is 3. The molecular weight excluding hydrogens is 309 g/mol. The normalized spacial score (nSPS) is 11.0. The van der Waals surface area contributed by atoms with Crippen molar-refractivity contribution in [2.24, 2.45) is 0 Å². The Morgan fingerprint density at radius 3 is 2.90 bits per heavy atom. The zero-order chi connectivity index (χ0) is 14.8. The number of methoxy groups -OCH3 is 1. The van der Waals surface area contributed by atoms with Crippen molar-refractivity contribution in [2.45, 2.75) is 6.42 Å². The van der Waals surface area contributed by atoms with Gasteiger partial charge in [0.2, 0.25) is 0 Å². The Kier molecular flexibility index (Phi) is 3.99. The molecule has 0 bridgehead atoms. The largest absolute Gasteiger partial charge is 0.495 e. The molecule has 1 aromatic carbocycles. The summed E-state index contributed by atoms with van der Waals surface area (Å²) in [6.07, 6.45) is 2.37. The van der Waals surface area contributed by atoms with Crippen LogP contribution < -0.4 is 4.74 Å². The van der Waals surface area contributed by atoms with Crippen LogP contribution >= 0.6 is 23.2 Å². The number of hydrogen-bond acceptors (Lipinski definition) is 3. The number of nitrogens with zero attached hydrogens (tertiary/aromatic N) is 3. The molecule has 0 atom stereocenters. The highest BCUT2D eigenvalue weighted by atomic mass is 35.5. The summed E-state index contributed by atoms with van der Waals surface area (Å²) in [7, 11) is 1.63. The van der Waals surface area contributed by atoms with Crippen LogP contribution in [0.5, 0.6) is 5.75 Å². The standard InChI is InChI=1S/C15H13Cl2N3O/c1-21-13-5-4-10(17)9-12(13)20-14(6-7-16)19-11-3-2-8-18-15(11)20/h2-5,8-9H,6-7H2,1H3. The number of fused-ring (bicyclic) bond motifs is 1. The van der Waals surface area contributed by atoms with Crippen LogP contribution in [0.4, 0.5) is 0 Å². The number of rotatable bonds is 4. The van der Waals surface area contributed by atoms with Gasteiger partial charge in [0.1, 0.15) is 17.1 Å². The number of ether oxygens (including phenoxy) is 1. The van der Waals surface area contributed by atoms with Crippen molar-refractivity contribution in [1.82, 2.24) is 14.5 Å². The summed E-state index contributed by atoms with van der Waals surface area (Å²) in [6, 6.07) is 9.25. The van der Waals surface area contributed by atoms with Crippen LogP contribution in [0.3, 0.4) is 0 Å². The maximum absolute atomic E-state index is 6.14. The first-order valence-electron chi connectivity index (χ1n) is 6.47. The van der Waals surface area contributed by atoms with E-state index in [9.17, 15) is 0 Å². The van der Waals surface area contributed by atoms with E-state index in [0.29, 0.717) is 23.1 Å². The van der Waals surface area contributed by atoms with E-state index >= 15 is 0 Å². The van der Waals surface area contributed by atoms with Crippen molar-refractivity contribution < 1.29 is 4.74 Å². The number of halogens is 2. The molecule has 4 nitrogen and oxygen atoms in total. The fourth-order valence-corrected chi connectivity index (χ4v) is 2.64. The van der Waals surface area contributed by atoms with Crippen LogP contribution in [-0.2, 0) is 6.42 Å². The minimum Gasteiger partial charge on any atom is -0.495 e. The van der Waals surface area contributed by atoms with Crippen molar-refractivity contribution in [2.75, 3.05) is 13.0 Å². The van der Waals surface area contributed by atoms with Crippen LogP contribution in [0.2, 0.25) is 5.02 Å². The molecule has 0 aliphatic heterocycles. The van der Waals surface area contributed by atoms with E-state index in [1.807, 2.05) is 28.8 Å². The third-order valence-electron chi connectivity index (χ3n) is 3.19. The number of hydrogen-bond donors (Lipinski definition) is 0. The molecule has 2 heterocycles. The molecule has 0 spiro atoms. The minimum atomic E-state index is 0.478. The van der Waals surface area contributed by atoms with Gasteiger partial charge in [-0.25, -0.2) is 9.97 Å². The molecule has 108 valence electrons. The van der Waals surface area contributed by atoms with Gasteiger partial charge in [-0.05, 0) is 30.3 Å². The molecule has 21 heavy (non-hydrogen) atoms. The molecule has 6 heteroatoms. The Hall–Kier alpha value is -1.78. The van der Waals surface area contributed by atoms with Crippen molar-refractivity contribution >= 4 is 34.4 Å². The highest BCUT2D eigenvalue weighted by Crippen LogP contribution is 2.30. The van der Waals surface area contributed by atoms with Crippen molar-refractivity contribution in [3.63, 3.8) is 0 Å². The van der Waals surface area contributed by atoms with Crippen LogP contribution in [0.15, 0.2) is 36.5 Å². The molecule has 0 fully saturated rings. The van der Waals surface area contributed by atoms with E-state index < -0.39 is 0 Å². The third kappa shape index (κ3) is 2.57. The summed E-state index contributed by atoms with van der Waals surface area (Å²) in [5.74, 6) is 2.02. The van der Waals surface area contributed by atoms with Gasteiger partial charge < -0.3 is 4.74 Å². The highest BCUT2D eigenvalue weighted by Gasteiger charge is 2.16. The molecule has 0 saturated heterocycles. The monoisotopic (exact) mass is 321 g/mol. The van der Waals surface area contributed by atoms with Crippen LogP contribution in [-0.4, -0.2) is 27.5 Å². The minimum absolute atomic E-state index is 0.478. The predicted molar refractivity (Wildman–Crippen MR) is 84.9 cm³/mol. The molecule has 0 amide bonds. The summed E-state index contributed by atoms with van der Waals surface area (Å²) < 4.78 is 7.39. The molecular formula is C15H13Cl2N3O. The van der Waals surface area contributed by atoms with E-state index in [-0.39, 0.29) is 0 Å². The van der Waals surface area contributed by atoms with Crippen molar-refractivity contribution in [1.29, 1.82) is 0 Å². The quantitative estimate of drug-likeness (QED) is 0.685. The lowest BCUT2D eigenvalue weighted by molar-refractivity contribution is 0.413. The van der Waals surface area contributed by atoms with E-state index in [2.05, 4.69) is 9.97 Å². The summed E-state index contributed by atoms with van der Waals surface area (Å²) in [6.45, 7) is 0. The van der Waals surface area contributed by atoms with Crippen molar-refractivity contribution in [3.8, 4) is 11.4 Å². The number of pyridine rings is 1. The molecule has 3 aromatic rings. The number of alkyl halides is 1. The lowest BCUT2D eigenvalue weighted by Crippen LogP contribution is -2.05. The third-order valence-corrected chi connectivity index (χ3v) is 3.61. The Bertz CT molecular complexity index is 786. The number of aryl methyl sites for hydroxylation is 1. The average Bonchev–Trinajstić information content (AvgIpc) is 2.85. The van der Waals surface area contributed by atoms with Gasteiger partial charge >= 0.3 is 0 Å². The summed E-state index contributed by atoms with van der Waals surface area (Å²) in [4.78, 5) is 9.03. The maximum Gasteiger partial charge on any atom is 0.164 e. The Balaban J connectivity index is 2.32. The fourth-order valence-electron chi connectivity index (χ4n) is 2.30. The SMILES string of the molecule is COc1ccc(Cl)cc1-n1c(CCCl)nc2cccnc21. The van der Waals surface area contributed by atoms with Gasteiger partial charge in [0, 0.05) is 23.5 Å². The molecule has 0 aliphatic rings. The molecule has 2 aromatic heterocycles. The number of benzene rings is 1. The predicted octanol–water partition coefficient (Wildman–Crippen LogP) is 3.86. The summed E-state index contributed by atoms with van der Waals surface area (Å²) >= 11 is 12.0. The van der Waals surface area contributed by atoms with Crippen molar-refractivity contribution in [3.05, 3.63) is 47.4 Å². The number of imidazole rings is 1. The van der Waals surface area contributed by atoms with Gasteiger partial charge in [0.25, 0.3) is 0 Å². The lowest BCUT2D eigenvalue weighted by atomic mass is 10.2. The fraction of sp³-hybridized carbons (Fsp3) is 0.200. The highest BCUT2D eigenvalue weighted by molar-refractivity contribution is 6.30. The van der Waals surface area contributed by atoms with Gasteiger partial charge in [-0.2, -0.15) is 0 Å². The van der Waals surface area contributed by atoms with Gasteiger partial charge in [-0.1, -0.05) is 11.6 Å². The maximum atomic E-state index is 6.14.